The second-order valence-electron chi connectivity index (χ2n) is 3.30. The van der Waals surface area contributed by atoms with E-state index in [0.29, 0.717) is 0 Å². The third-order valence-electron chi connectivity index (χ3n) is 2.11. The lowest BCUT2D eigenvalue weighted by Crippen LogP contribution is -2.60. The summed E-state index contributed by atoms with van der Waals surface area (Å²) in [5, 5.41) is 52.3. The van der Waals surface area contributed by atoms with Gasteiger partial charge < -0.3 is 30.6 Å². The van der Waals surface area contributed by atoms with Crippen LogP contribution >= 0.6 is 11.8 Å². The number of hydrogen-bond acceptors (Lipinski definition) is 7. The van der Waals surface area contributed by atoms with Crippen molar-refractivity contribution in [1.29, 1.82) is 0 Å². The van der Waals surface area contributed by atoms with Crippen LogP contribution in [0.5, 0.6) is 0 Å². The van der Waals surface area contributed by atoms with Crippen molar-refractivity contribution in [3.05, 3.63) is 0 Å². The maximum Gasteiger partial charge on any atom is 0.343 e. The van der Waals surface area contributed by atoms with E-state index >= 15 is 0 Å². The monoisotopic (exact) mass is 326 g/mol. The first kappa shape index (κ1) is 18.2. The van der Waals surface area contributed by atoms with Gasteiger partial charge in [-0.25, -0.2) is 28.8 Å². The third kappa shape index (κ3) is 2.58. The Bertz CT molecular complexity index is 427. The molecule has 0 amide bonds. The Kier molecular flexibility index (Phi) is 4.89. The predicted octanol–water partition coefficient (Wildman–Crippen LogP) is -2.30. The van der Waals surface area contributed by atoms with Gasteiger partial charge in [-0.3, -0.25) is 0 Å². The molecule has 0 atom stereocenters. The highest BCUT2D eigenvalue weighted by Crippen LogP contribution is 2.39. The van der Waals surface area contributed by atoms with Crippen molar-refractivity contribution < 1.29 is 59.4 Å². The van der Waals surface area contributed by atoms with Gasteiger partial charge in [0.15, 0.2) is 0 Å². The standard InChI is InChI=1S/C8H6O12S/c9-1(10)7(2(11)12,3(13)14)21-8(4(15)16,5(17)18)6(19)20/h(H,9,10)(H,11,12)(H,13,14)(H,15,16)(H,17,18)(H,19,20). The first-order valence-corrected chi connectivity index (χ1v) is 5.29. The molecule has 0 aromatic rings. The van der Waals surface area contributed by atoms with Crippen LogP contribution in [0, 0.1) is 0 Å². The summed E-state index contributed by atoms with van der Waals surface area (Å²) in [6, 6.07) is 0. The Morgan fingerprint density at radius 3 is 0.714 bits per heavy atom. The second kappa shape index (κ2) is 5.66. The molecule has 0 bridgehead atoms. The fourth-order valence-corrected chi connectivity index (χ4v) is 2.02. The van der Waals surface area contributed by atoms with Gasteiger partial charge in [0.25, 0.3) is 0 Å². The van der Waals surface area contributed by atoms with Crippen molar-refractivity contribution in [2.24, 2.45) is 0 Å². The van der Waals surface area contributed by atoms with E-state index in [0.717, 1.165) is 0 Å². The van der Waals surface area contributed by atoms with Crippen molar-refractivity contribution in [1.82, 2.24) is 0 Å². The summed E-state index contributed by atoms with van der Waals surface area (Å²) in [7, 11) is 0. The lowest BCUT2D eigenvalue weighted by molar-refractivity contribution is -0.161. The van der Waals surface area contributed by atoms with Crippen LogP contribution in [0.3, 0.4) is 0 Å². The first-order chi connectivity index (χ1) is 9.37. The highest BCUT2D eigenvalue weighted by molar-refractivity contribution is 8.06. The fourth-order valence-electron chi connectivity index (χ4n) is 1.04. The Morgan fingerprint density at radius 2 is 0.619 bits per heavy atom. The van der Waals surface area contributed by atoms with E-state index in [9.17, 15) is 28.8 Å². The van der Waals surface area contributed by atoms with Gasteiger partial charge in [-0.2, -0.15) is 0 Å². The normalized spacial score (nSPS) is 11.4. The average molecular weight is 326 g/mol. The van der Waals surface area contributed by atoms with Gasteiger partial charge in [-0.15, -0.1) is 0 Å². The number of thioether (sulfide) groups is 1. The quantitative estimate of drug-likeness (QED) is 0.258. The highest BCUT2D eigenvalue weighted by atomic mass is 32.2. The van der Waals surface area contributed by atoms with Crippen LogP contribution in [0.2, 0.25) is 0 Å². The van der Waals surface area contributed by atoms with Crippen LogP contribution < -0.4 is 0 Å². The van der Waals surface area contributed by atoms with Crippen molar-refractivity contribution in [3.8, 4) is 0 Å². The number of rotatable bonds is 8. The lowest BCUT2D eigenvalue weighted by Gasteiger charge is -2.27. The molecule has 0 heterocycles. The molecule has 116 valence electrons. The molecule has 0 radical (unpaired) electrons. The zero-order valence-electron chi connectivity index (χ0n) is 9.54. The third-order valence-corrected chi connectivity index (χ3v) is 3.77. The maximum absolute atomic E-state index is 10.9. The molecule has 0 aliphatic rings. The molecule has 21 heavy (non-hydrogen) atoms. The summed E-state index contributed by atoms with van der Waals surface area (Å²) in [5.74, 6) is -15.9. The number of carbonyl (C=O) groups is 6. The lowest BCUT2D eigenvalue weighted by atomic mass is 10.1. The first-order valence-electron chi connectivity index (χ1n) is 4.47. The minimum absolute atomic E-state index is 1.26. The summed E-state index contributed by atoms with van der Waals surface area (Å²) in [6.45, 7) is 0. The van der Waals surface area contributed by atoms with Crippen LogP contribution in [0.15, 0.2) is 0 Å². The van der Waals surface area contributed by atoms with E-state index in [4.69, 9.17) is 30.6 Å². The highest BCUT2D eigenvalue weighted by Gasteiger charge is 2.68. The Labute approximate surface area is 117 Å². The van der Waals surface area contributed by atoms with Crippen molar-refractivity contribution in [2.45, 2.75) is 9.49 Å². The number of hydrogen-bond donors (Lipinski definition) is 6. The smallest absolute Gasteiger partial charge is 0.343 e. The molecular weight excluding hydrogens is 320 g/mol. The van der Waals surface area contributed by atoms with Crippen molar-refractivity contribution in [3.63, 3.8) is 0 Å². The van der Waals surface area contributed by atoms with E-state index in [2.05, 4.69) is 0 Å². The molecule has 0 rings (SSSR count). The van der Waals surface area contributed by atoms with Crippen LogP contribution in [0.1, 0.15) is 0 Å². The van der Waals surface area contributed by atoms with Crippen LogP contribution in [0.25, 0.3) is 0 Å². The van der Waals surface area contributed by atoms with Crippen LogP contribution in [-0.4, -0.2) is 75.9 Å². The van der Waals surface area contributed by atoms with E-state index in [1.54, 1.807) is 0 Å². The second-order valence-corrected chi connectivity index (χ2v) is 4.72. The molecule has 0 aliphatic carbocycles. The van der Waals surface area contributed by atoms with Gasteiger partial charge in [0.2, 0.25) is 0 Å². The topological polar surface area (TPSA) is 224 Å². The molecule has 0 aliphatic heterocycles. The molecule has 0 saturated heterocycles. The Morgan fingerprint density at radius 1 is 0.476 bits per heavy atom. The molecule has 0 aromatic carbocycles. The molecule has 0 spiro atoms. The van der Waals surface area contributed by atoms with Gasteiger partial charge in [0, 0.05) is 0 Å². The molecule has 12 nitrogen and oxygen atoms in total. The number of carboxylic acids is 6. The van der Waals surface area contributed by atoms with E-state index in [1.165, 1.54) is 0 Å². The zero-order chi connectivity index (χ0) is 17.2. The molecule has 0 fully saturated rings. The molecule has 6 N–H and O–H groups in total. The summed E-state index contributed by atoms with van der Waals surface area (Å²) in [6.07, 6.45) is 0. The molecule has 13 heteroatoms. The van der Waals surface area contributed by atoms with Crippen molar-refractivity contribution in [2.75, 3.05) is 0 Å². The number of carboxylic acid groups (broad SMARTS) is 6. The van der Waals surface area contributed by atoms with Gasteiger partial charge in [-0.05, 0) is 0 Å². The van der Waals surface area contributed by atoms with Gasteiger partial charge >= 0.3 is 45.3 Å². The number of aliphatic carboxylic acids is 6. The van der Waals surface area contributed by atoms with E-state index in [1.807, 2.05) is 0 Å². The Hall–Kier alpha value is -2.83. The minimum atomic E-state index is -4.05. The van der Waals surface area contributed by atoms with Gasteiger partial charge in [0.05, 0.1) is 0 Å². The molecule has 0 saturated carbocycles. The predicted molar refractivity (Wildman–Crippen MR) is 58.9 cm³/mol. The maximum atomic E-state index is 10.9. The summed E-state index contributed by atoms with van der Waals surface area (Å²) in [4.78, 5) is 65.3. The largest absolute Gasteiger partial charge is 0.479 e. The summed E-state index contributed by atoms with van der Waals surface area (Å²) in [5.41, 5.74) is 0. The fraction of sp³-hybridized carbons (Fsp3) is 0.250. The average Bonchev–Trinajstić information content (AvgIpc) is 2.26. The molecule has 0 aromatic heterocycles. The zero-order valence-corrected chi connectivity index (χ0v) is 10.4. The molecule has 0 unspecified atom stereocenters. The molecular formula is C8H6O12S. The van der Waals surface area contributed by atoms with E-state index < -0.39 is 57.1 Å². The van der Waals surface area contributed by atoms with Gasteiger partial charge in [-0.1, -0.05) is 11.8 Å². The van der Waals surface area contributed by atoms with E-state index in [-0.39, 0.29) is 0 Å². The SMILES string of the molecule is O=C(O)C(SC(C(=O)O)(C(=O)O)C(=O)O)(C(=O)O)C(=O)O. The van der Waals surface area contributed by atoms with Gasteiger partial charge in [0.1, 0.15) is 0 Å². The Balaban J connectivity index is 6.47. The van der Waals surface area contributed by atoms with Crippen LogP contribution in [-0.2, 0) is 28.8 Å². The van der Waals surface area contributed by atoms with Crippen molar-refractivity contribution >= 4 is 47.6 Å². The summed E-state index contributed by atoms with van der Waals surface area (Å²) < 4.78 is -8.09. The minimum Gasteiger partial charge on any atom is -0.479 e. The summed E-state index contributed by atoms with van der Waals surface area (Å²) >= 11 is -1.26. The van der Waals surface area contributed by atoms with Crippen LogP contribution in [0.4, 0.5) is 0 Å².